The van der Waals surface area contributed by atoms with E-state index < -0.39 is 5.82 Å². The van der Waals surface area contributed by atoms with Gasteiger partial charge in [0.05, 0.1) is 11.7 Å². The minimum atomic E-state index is -0.519. The van der Waals surface area contributed by atoms with Gasteiger partial charge in [0.1, 0.15) is 11.6 Å². The average molecular weight is 290 g/mol. The first-order valence-electron chi connectivity index (χ1n) is 6.55. The molecule has 0 aromatic heterocycles. The van der Waals surface area contributed by atoms with Crippen LogP contribution < -0.4 is 10.6 Å². The summed E-state index contributed by atoms with van der Waals surface area (Å²) in [6.45, 7) is 3.11. The quantitative estimate of drug-likeness (QED) is 0.890. The van der Waals surface area contributed by atoms with E-state index >= 15 is 0 Å². The molecule has 0 radical (unpaired) electrons. The van der Waals surface area contributed by atoms with Crippen LogP contribution in [0.4, 0.5) is 20.2 Å². The topological polar surface area (TPSA) is 41.1 Å². The third kappa shape index (κ3) is 3.78. The lowest BCUT2D eigenvalue weighted by molar-refractivity contribution is -0.114. The van der Waals surface area contributed by atoms with Gasteiger partial charge in [0, 0.05) is 18.2 Å². The monoisotopic (exact) mass is 290 g/mol. The highest BCUT2D eigenvalue weighted by Crippen LogP contribution is 2.25. The van der Waals surface area contributed by atoms with E-state index in [0.29, 0.717) is 11.3 Å². The minimum absolute atomic E-state index is 0.0910. The van der Waals surface area contributed by atoms with Crippen LogP contribution in [0.25, 0.3) is 0 Å². The second kappa shape index (κ2) is 6.35. The summed E-state index contributed by atoms with van der Waals surface area (Å²) in [7, 11) is 0. The number of nitrogens with one attached hydrogen (secondary N) is 2. The second-order valence-corrected chi connectivity index (χ2v) is 4.76. The van der Waals surface area contributed by atoms with Gasteiger partial charge >= 0.3 is 0 Å². The number of benzene rings is 2. The normalized spacial score (nSPS) is 11.8. The Hall–Kier alpha value is -2.43. The van der Waals surface area contributed by atoms with Crippen LogP contribution in [0.2, 0.25) is 0 Å². The molecule has 0 spiro atoms. The molecule has 0 saturated heterocycles. The molecule has 1 atom stereocenters. The highest BCUT2D eigenvalue weighted by Gasteiger charge is 2.11. The molecule has 2 rings (SSSR count). The highest BCUT2D eigenvalue weighted by atomic mass is 19.1. The van der Waals surface area contributed by atoms with Crippen molar-refractivity contribution in [1.29, 1.82) is 0 Å². The fourth-order valence-corrected chi connectivity index (χ4v) is 2.05. The zero-order chi connectivity index (χ0) is 15.4. The molecule has 5 heteroatoms. The maximum absolute atomic E-state index is 13.7. The van der Waals surface area contributed by atoms with Crippen molar-refractivity contribution in [2.24, 2.45) is 0 Å². The first-order valence-corrected chi connectivity index (χ1v) is 6.55. The number of hydrogen-bond donors (Lipinski definition) is 2. The molecule has 2 aromatic carbocycles. The molecule has 2 aromatic rings. The Balaban J connectivity index is 2.20. The Morgan fingerprint density at radius 2 is 1.81 bits per heavy atom. The molecule has 1 unspecified atom stereocenters. The number of halogens is 2. The molecular formula is C16H16F2N2O. The van der Waals surface area contributed by atoms with Crippen molar-refractivity contribution in [2.45, 2.75) is 19.9 Å². The average Bonchev–Trinajstić information content (AvgIpc) is 2.42. The van der Waals surface area contributed by atoms with Crippen LogP contribution in [0.1, 0.15) is 25.5 Å². The van der Waals surface area contributed by atoms with Crippen LogP contribution in [0.3, 0.4) is 0 Å². The molecule has 0 aliphatic heterocycles. The van der Waals surface area contributed by atoms with Crippen LogP contribution >= 0.6 is 0 Å². The van der Waals surface area contributed by atoms with Crippen LogP contribution in [0.15, 0.2) is 42.5 Å². The summed E-state index contributed by atoms with van der Waals surface area (Å²) in [6, 6.07) is 10.4. The molecule has 0 aliphatic carbocycles. The Kier molecular flexibility index (Phi) is 4.52. The fraction of sp³-hybridized carbons (Fsp3) is 0.188. The lowest BCUT2D eigenvalue weighted by Crippen LogP contribution is -2.11. The third-order valence-electron chi connectivity index (χ3n) is 3.03. The van der Waals surface area contributed by atoms with Gasteiger partial charge < -0.3 is 10.6 Å². The third-order valence-corrected chi connectivity index (χ3v) is 3.03. The standard InChI is InChI=1S/C16H16F2N2O/c1-10(13-5-3-4-6-14(13)17)19-12-7-8-15(18)16(9-12)20-11(2)21/h3-10,19H,1-2H3,(H,20,21). The fourth-order valence-electron chi connectivity index (χ4n) is 2.05. The number of carbonyl (C=O) groups excluding carboxylic acids is 1. The van der Waals surface area contributed by atoms with Crippen molar-refractivity contribution in [3.05, 3.63) is 59.7 Å². The molecular weight excluding hydrogens is 274 g/mol. The molecule has 0 fully saturated rings. The van der Waals surface area contributed by atoms with Gasteiger partial charge in [-0.05, 0) is 31.2 Å². The summed E-state index contributed by atoms with van der Waals surface area (Å²) in [5.41, 5.74) is 1.20. The second-order valence-electron chi connectivity index (χ2n) is 4.76. The maximum Gasteiger partial charge on any atom is 0.221 e. The van der Waals surface area contributed by atoms with Gasteiger partial charge in [0.25, 0.3) is 0 Å². The first kappa shape index (κ1) is 15.0. The van der Waals surface area contributed by atoms with Crippen molar-refractivity contribution in [2.75, 3.05) is 10.6 Å². The van der Waals surface area contributed by atoms with Crippen molar-refractivity contribution in [3.8, 4) is 0 Å². The lowest BCUT2D eigenvalue weighted by Gasteiger charge is -2.17. The summed E-state index contributed by atoms with van der Waals surface area (Å²) < 4.78 is 27.3. The number of rotatable bonds is 4. The summed E-state index contributed by atoms with van der Waals surface area (Å²) in [5.74, 6) is -1.18. The predicted molar refractivity (Wildman–Crippen MR) is 79.1 cm³/mol. The van der Waals surface area contributed by atoms with E-state index in [1.54, 1.807) is 25.1 Å². The van der Waals surface area contributed by atoms with Gasteiger partial charge in [-0.15, -0.1) is 0 Å². The van der Waals surface area contributed by atoms with Crippen LogP contribution in [0, 0.1) is 11.6 Å². The number of anilines is 2. The molecule has 110 valence electrons. The molecule has 0 heterocycles. The van der Waals surface area contributed by atoms with E-state index in [9.17, 15) is 13.6 Å². The number of carbonyl (C=O) groups is 1. The van der Waals surface area contributed by atoms with Crippen molar-refractivity contribution in [1.82, 2.24) is 0 Å². The van der Waals surface area contributed by atoms with Crippen molar-refractivity contribution < 1.29 is 13.6 Å². The van der Waals surface area contributed by atoms with Crippen molar-refractivity contribution >= 4 is 17.3 Å². The van der Waals surface area contributed by atoms with Crippen LogP contribution in [-0.4, -0.2) is 5.91 Å². The smallest absolute Gasteiger partial charge is 0.221 e. The van der Waals surface area contributed by atoms with E-state index in [1.807, 2.05) is 0 Å². The molecule has 3 nitrogen and oxygen atoms in total. The van der Waals surface area contributed by atoms with Gasteiger partial charge in [-0.2, -0.15) is 0 Å². The Morgan fingerprint density at radius 3 is 2.48 bits per heavy atom. The molecule has 0 bridgehead atoms. The summed E-state index contributed by atoms with van der Waals surface area (Å²) in [4.78, 5) is 11.0. The summed E-state index contributed by atoms with van der Waals surface area (Å²) >= 11 is 0. The van der Waals surface area contributed by atoms with Gasteiger partial charge in [0.2, 0.25) is 5.91 Å². The van der Waals surface area contributed by atoms with Gasteiger partial charge in [-0.3, -0.25) is 4.79 Å². The van der Waals surface area contributed by atoms with Gasteiger partial charge in [-0.1, -0.05) is 18.2 Å². The Labute approximate surface area is 122 Å². The minimum Gasteiger partial charge on any atom is -0.378 e. The lowest BCUT2D eigenvalue weighted by atomic mass is 10.1. The molecule has 1 amide bonds. The van der Waals surface area contributed by atoms with E-state index in [0.717, 1.165) is 0 Å². The SMILES string of the molecule is CC(=O)Nc1cc(NC(C)c2ccccc2F)ccc1F. The van der Waals surface area contributed by atoms with Gasteiger partial charge in [-0.25, -0.2) is 8.78 Å². The number of amides is 1. The Morgan fingerprint density at radius 1 is 1.10 bits per heavy atom. The molecule has 2 N–H and O–H groups in total. The first-order chi connectivity index (χ1) is 9.97. The summed E-state index contributed by atoms with van der Waals surface area (Å²) in [6.07, 6.45) is 0. The zero-order valence-electron chi connectivity index (χ0n) is 11.8. The largest absolute Gasteiger partial charge is 0.378 e. The predicted octanol–water partition coefficient (Wildman–Crippen LogP) is 4.10. The molecule has 0 saturated carbocycles. The van der Waals surface area contributed by atoms with Crippen LogP contribution in [-0.2, 0) is 4.79 Å². The van der Waals surface area contributed by atoms with E-state index in [4.69, 9.17) is 0 Å². The summed E-state index contributed by atoms with van der Waals surface area (Å²) in [5, 5.41) is 5.49. The molecule has 21 heavy (non-hydrogen) atoms. The molecule has 0 aliphatic rings. The highest BCUT2D eigenvalue weighted by molar-refractivity contribution is 5.89. The number of hydrogen-bond acceptors (Lipinski definition) is 2. The van der Waals surface area contributed by atoms with E-state index in [-0.39, 0.29) is 23.5 Å². The van der Waals surface area contributed by atoms with Crippen molar-refractivity contribution in [3.63, 3.8) is 0 Å². The van der Waals surface area contributed by atoms with Crippen LogP contribution in [0.5, 0.6) is 0 Å². The van der Waals surface area contributed by atoms with E-state index in [1.165, 1.54) is 31.2 Å². The maximum atomic E-state index is 13.7. The Bertz CT molecular complexity index is 658. The van der Waals surface area contributed by atoms with Gasteiger partial charge in [0.15, 0.2) is 0 Å². The zero-order valence-corrected chi connectivity index (χ0v) is 11.8. The van der Waals surface area contributed by atoms with E-state index in [2.05, 4.69) is 10.6 Å².